The average molecular weight is 307 g/mol. The Hall–Kier alpha value is -2.04. The van der Waals surface area contributed by atoms with Crippen LogP contribution in [0.5, 0.6) is 5.75 Å². The van der Waals surface area contributed by atoms with Gasteiger partial charge >= 0.3 is 5.97 Å². The molecule has 22 heavy (non-hydrogen) atoms. The van der Waals surface area contributed by atoms with E-state index in [1.165, 1.54) is 4.90 Å². The Bertz CT molecular complexity index is 498. The first-order valence-electron chi connectivity index (χ1n) is 7.60. The quantitative estimate of drug-likeness (QED) is 0.802. The molecule has 5 heteroatoms. The maximum atomic E-state index is 12.8. The number of benzene rings is 1. The Kier molecular flexibility index (Phi) is 6.89. The molecule has 0 aliphatic heterocycles. The van der Waals surface area contributed by atoms with Crippen LogP contribution in [0.15, 0.2) is 24.3 Å². The van der Waals surface area contributed by atoms with Crippen molar-refractivity contribution in [2.75, 3.05) is 13.7 Å². The van der Waals surface area contributed by atoms with Gasteiger partial charge in [0.05, 0.1) is 13.0 Å². The number of ether oxygens (including phenoxy) is 1. The molecular weight excluding hydrogens is 282 g/mol. The molecular formula is C17H25NO4. The Balaban J connectivity index is 3.03. The molecule has 1 N–H and O–H groups in total. The van der Waals surface area contributed by atoms with Crippen LogP contribution in [0.3, 0.4) is 0 Å². The van der Waals surface area contributed by atoms with Gasteiger partial charge in [0, 0.05) is 6.04 Å². The molecule has 0 saturated heterocycles. The van der Waals surface area contributed by atoms with Crippen LogP contribution < -0.4 is 4.74 Å². The summed E-state index contributed by atoms with van der Waals surface area (Å²) in [5.74, 6) is -0.725. The number of nitrogens with zero attached hydrogens (tertiary/aromatic N) is 1. The van der Waals surface area contributed by atoms with Crippen molar-refractivity contribution in [3.8, 4) is 5.75 Å². The van der Waals surface area contributed by atoms with E-state index in [1.54, 1.807) is 7.11 Å². The second kappa shape index (κ2) is 8.41. The Morgan fingerprint density at radius 3 is 2.18 bits per heavy atom. The third-order valence-corrected chi connectivity index (χ3v) is 3.94. The summed E-state index contributed by atoms with van der Waals surface area (Å²) in [4.78, 5) is 25.3. The number of aliphatic carboxylic acids is 1. The van der Waals surface area contributed by atoms with Crippen molar-refractivity contribution in [1.82, 2.24) is 4.90 Å². The molecule has 0 aromatic heterocycles. The minimum atomic E-state index is -0.988. The third kappa shape index (κ3) is 4.48. The summed E-state index contributed by atoms with van der Waals surface area (Å²) in [5, 5.41) is 9.06. The van der Waals surface area contributed by atoms with Gasteiger partial charge in [0.25, 0.3) is 0 Å². The lowest BCUT2D eigenvalue weighted by Gasteiger charge is -2.30. The van der Waals surface area contributed by atoms with Crippen molar-refractivity contribution in [1.29, 1.82) is 0 Å². The highest BCUT2D eigenvalue weighted by atomic mass is 16.5. The number of hydrogen-bond acceptors (Lipinski definition) is 3. The zero-order chi connectivity index (χ0) is 16.7. The molecule has 2 unspecified atom stereocenters. The van der Waals surface area contributed by atoms with Crippen LogP contribution in [-0.4, -0.2) is 41.6 Å². The zero-order valence-corrected chi connectivity index (χ0v) is 13.7. The molecule has 0 saturated carbocycles. The first-order chi connectivity index (χ1) is 10.4. The molecule has 0 heterocycles. The Morgan fingerprint density at radius 2 is 1.77 bits per heavy atom. The Morgan fingerprint density at radius 1 is 1.18 bits per heavy atom. The van der Waals surface area contributed by atoms with Gasteiger partial charge in [-0.2, -0.15) is 0 Å². The molecule has 0 aliphatic rings. The number of carboxylic acid groups (broad SMARTS) is 1. The van der Waals surface area contributed by atoms with Crippen LogP contribution in [-0.2, 0) is 9.59 Å². The monoisotopic (exact) mass is 307 g/mol. The van der Waals surface area contributed by atoms with Crippen LogP contribution in [0.25, 0.3) is 0 Å². The van der Waals surface area contributed by atoms with E-state index in [0.29, 0.717) is 6.42 Å². The largest absolute Gasteiger partial charge is 0.497 e. The standard InChI is InChI=1S/C17H25NO4/c1-5-12(3)18(11-16(19)20)17(21)15(6-2)13-7-9-14(22-4)10-8-13/h7-10,12,15H,5-6,11H2,1-4H3,(H,19,20). The minimum absolute atomic E-state index is 0.101. The molecule has 0 fully saturated rings. The van der Waals surface area contributed by atoms with Crippen molar-refractivity contribution < 1.29 is 19.4 Å². The molecule has 1 aromatic carbocycles. The van der Waals surface area contributed by atoms with Gasteiger partial charge in [0.15, 0.2) is 0 Å². The van der Waals surface area contributed by atoms with Crippen molar-refractivity contribution in [3.63, 3.8) is 0 Å². The van der Waals surface area contributed by atoms with Gasteiger partial charge in [0.2, 0.25) is 5.91 Å². The summed E-state index contributed by atoms with van der Waals surface area (Å²) in [6.45, 7) is 5.49. The average Bonchev–Trinajstić information content (AvgIpc) is 2.52. The van der Waals surface area contributed by atoms with Gasteiger partial charge in [-0.05, 0) is 37.5 Å². The third-order valence-electron chi connectivity index (χ3n) is 3.94. The molecule has 122 valence electrons. The number of carbonyl (C=O) groups is 2. The maximum absolute atomic E-state index is 12.8. The van der Waals surface area contributed by atoms with Gasteiger partial charge in [0.1, 0.15) is 12.3 Å². The lowest BCUT2D eigenvalue weighted by molar-refractivity contribution is -0.146. The number of rotatable bonds is 8. The van der Waals surface area contributed by atoms with Crippen molar-refractivity contribution in [2.45, 2.75) is 45.6 Å². The molecule has 0 spiro atoms. The number of carboxylic acids is 1. The maximum Gasteiger partial charge on any atom is 0.323 e. The number of carbonyl (C=O) groups excluding carboxylic acids is 1. The van der Waals surface area contributed by atoms with E-state index in [4.69, 9.17) is 9.84 Å². The summed E-state index contributed by atoms with van der Waals surface area (Å²) in [6.07, 6.45) is 1.34. The van der Waals surface area contributed by atoms with E-state index in [9.17, 15) is 9.59 Å². The predicted molar refractivity (Wildman–Crippen MR) is 85.1 cm³/mol. The van der Waals surface area contributed by atoms with E-state index < -0.39 is 5.97 Å². The second-order valence-electron chi connectivity index (χ2n) is 5.35. The lowest BCUT2D eigenvalue weighted by atomic mass is 9.94. The van der Waals surface area contributed by atoms with Gasteiger partial charge < -0.3 is 14.7 Å². The predicted octanol–water partition coefficient (Wildman–Crippen LogP) is 2.90. The highest BCUT2D eigenvalue weighted by Gasteiger charge is 2.28. The summed E-state index contributed by atoms with van der Waals surface area (Å²) < 4.78 is 5.13. The molecule has 1 aromatic rings. The normalized spacial score (nSPS) is 13.3. The van der Waals surface area contributed by atoms with Crippen LogP contribution in [0.2, 0.25) is 0 Å². The molecule has 0 aliphatic carbocycles. The molecule has 5 nitrogen and oxygen atoms in total. The van der Waals surface area contributed by atoms with E-state index in [1.807, 2.05) is 45.0 Å². The summed E-state index contributed by atoms with van der Waals surface area (Å²) in [7, 11) is 1.59. The number of hydrogen-bond donors (Lipinski definition) is 1. The van der Waals surface area contributed by atoms with E-state index >= 15 is 0 Å². The number of amides is 1. The fourth-order valence-electron chi connectivity index (χ4n) is 2.41. The summed E-state index contributed by atoms with van der Waals surface area (Å²) in [6, 6.07) is 7.25. The molecule has 0 bridgehead atoms. The van der Waals surface area contributed by atoms with E-state index in [0.717, 1.165) is 17.7 Å². The lowest BCUT2D eigenvalue weighted by Crippen LogP contribution is -2.44. The minimum Gasteiger partial charge on any atom is -0.497 e. The van der Waals surface area contributed by atoms with Gasteiger partial charge in [-0.25, -0.2) is 0 Å². The summed E-state index contributed by atoms with van der Waals surface area (Å²) >= 11 is 0. The molecule has 2 atom stereocenters. The summed E-state index contributed by atoms with van der Waals surface area (Å²) in [5.41, 5.74) is 0.881. The van der Waals surface area contributed by atoms with Crippen LogP contribution in [0, 0.1) is 0 Å². The molecule has 1 rings (SSSR count). The smallest absolute Gasteiger partial charge is 0.323 e. The highest BCUT2D eigenvalue weighted by Crippen LogP contribution is 2.25. The Labute approximate surface area is 131 Å². The van der Waals surface area contributed by atoms with Crippen LogP contribution >= 0.6 is 0 Å². The fourth-order valence-corrected chi connectivity index (χ4v) is 2.41. The topological polar surface area (TPSA) is 66.8 Å². The van der Waals surface area contributed by atoms with Gasteiger partial charge in [-0.1, -0.05) is 26.0 Å². The second-order valence-corrected chi connectivity index (χ2v) is 5.35. The van der Waals surface area contributed by atoms with Crippen molar-refractivity contribution in [2.24, 2.45) is 0 Å². The highest BCUT2D eigenvalue weighted by molar-refractivity contribution is 5.87. The van der Waals surface area contributed by atoms with Crippen LogP contribution in [0.4, 0.5) is 0 Å². The zero-order valence-electron chi connectivity index (χ0n) is 13.7. The fraction of sp³-hybridized carbons (Fsp3) is 0.529. The van der Waals surface area contributed by atoms with Gasteiger partial charge in [-0.15, -0.1) is 0 Å². The van der Waals surface area contributed by atoms with Gasteiger partial charge in [-0.3, -0.25) is 9.59 Å². The molecule has 1 amide bonds. The SMILES string of the molecule is CCC(C(=O)N(CC(=O)O)C(C)CC)c1ccc(OC)cc1. The first-order valence-corrected chi connectivity index (χ1v) is 7.60. The van der Waals surface area contributed by atoms with Crippen molar-refractivity contribution in [3.05, 3.63) is 29.8 Å². The van der Waals surface area contributed by atoms with Crippen LogP contribution in [0.1, 0.15) is 45.1 Å². The number of methoxy groups -OCH3 is 1. The van der Waals surface area contributed by atoms with E-state index in [2.05, 4.69) is 0 Å². The van der Waals surface area contributed by atoms with E-state index in [-0.39, 0.29) is 24.4 Å². The van der Waals surface area contributed by atoms with Crippen molar-refractivity contribution >= 4 is 11.9 Å². The molecule has 0 radical (unpaired) electrons. The first kappa shape index (κ1) is 18.0.